The van der Waals surface area contributed by atoms with E-state index in [4.69, 9.17) is 26.8 Å². The standard InChI is InChI=1S/C25H32ClF3N4O4.C2H6/c1-15-9-19(25(27,28)29)10-17(13-30)22(15)31-16(2)32-24(35)21-12-20(26)11-18(23(21)34)14-33(5-7-36-3)6-8-37-4;1-2/h9-12,34H,5-8,13-14,30H2,1-4H3,(H,31,32,35);1-2H3. The number of hydrogen-bond donors (Lipinski definition) is 3. The van der Waals surface area contributed by atoms with Crippen molar-refractivity contribution in [2.24, 2.45) is 10.7 Å². The molecule has 1 amide bonds. The summed E-state index contributed by atoms with van der Waals surface area (Å²) in [5, 5.41) is 13.7. The minimum atomic E-state index is -4.52. The first-order valence-corrected chi connectivity index (χ1v) is 12.8. The van der Waals surface area contributed by atoms with Crippen LogP contribution in [0.15, 0.2) is 29.3 Å². The predicted molar refractivity (Wildman–Crippen MR) is 148 cm³/mol. The van der Waals surface area contributed by atoms with Crippen LogP contribution in [0.2, 0.25) is 5.02 Å². The molecule has 0 aromatic heterocycles. The normalized spacial score (nSPS) is 11.8. The molecule has 0 aliphatic carbocycles. The van der Waals surface area contributed by atoms with Gasteiger partial charge in [-0.05, 0) is 49.2 Å². The van der Waals surface area contributed by atoms with E-state index in [2.05, 4.69) is 10.3 Å². The number of aryl methyl sites for hydroxylation is 1. The maximum atomic E-state index is 13.2. The zero-order chi connectivity index (χ0) is 29.8. The first-order chi connectivity index (χ1) is 18.4. The molecule has 0 bridgehead atoms. The summed E-state index contributed by atoms with van der Waals surface area (Å²) < 4.78 is 49.7. The van der Waals surface area contributed by atoms with Gasteiger partial charge >= 0.3 is 6.18 Å². The van der Waals surface area contributed by atoms with E-state index in [0.29, 0.717) is 31.9 Å². The number of ether oxygens (including phenoxy) is 2. The van der Waals surface area contributed by atoms with Crippen molar-refractivity contribution >= 4 is 29.0 Å². The Balaban J connectivity index is 0.00000371. The summed E-state index contributed by atoms with van der Waals surface area (Å²) >= 11 is 6.24. The predicted octanol–water partition coefficient (Wildman–Crippen LogP) is 5.43. The number of amides is 1. The molecule has 8 nitrogen and oxygen atoms in total. The van der Waals surface area contributed by atoms with E-state index >= 15 is 0 Å². The highest BCUT2D eigenvalue weighted by Gasteiger charge is 2.31. The number of benzene rings is 2. The summed E-state index contributed by atoms with van der Waals surface area (Å²) in [5.41, 5.74) is 5.87. The first kappa shape index (κ1) is 34.3. The summed E-state index contributed by atoms with van der Waals surface area (Å²) in [6, 6.07) is 4.81. The number of amidine groups is 1. The van der Waals surface area contributed by atoms with Crippen molar-refractivity contribution in [2.45, 2.75) is 47.0 Å². The van der Waals surface area contributed by atoms with Gasteiger partial charge in [0.2, 0.25) is 0 Å². The summed E-state index contributed by atoms with van der Waals surface area (Å²) in [4.78, 5) is 19.3. The van der Waals surface area contributed by atoms with Crippen molar-refractivity contribution in [2.75, 3.05) is 40.5 Å². The van der Waals surface area contributed by atoms with Crippen LogP contribution in [0.1, 0.15) is 53.4 Å². The summed E-state index contributed by atoms with van der Waals surface area (Å²) in [6.07, 6.45) is -4.52. The van der Waals surface area contributed by atoms with Crippen molar-refractivity contribution in [3.63, 3.8) is 0 Å². The first-order valence-electron chi connectivity index (χ1n) is 12.4. The van der Waals surface area contributed by atoms with E-state index in [-0.39, 0.29) is 52.1 Å². The Morgan fingerprint density at radius 3 is 2.21 bits per heavy atom. The molecule has 0 unspecified atom stereocenters. The number of nitrogens with two attached hydrogens (primary N) is 1. The average molecular weight is 575 g/mol. The monoisotopic (exact) mass is 574 g/mol. The highest BCUT2D eigenvalue weighted by Crippen LogP contribution is 2.35. The van der Waals surface area contributed by atoms with Gasteiger partial charge in [0.05, 0.1) is 30.0 Å². The number of carbonyl (C=O) groups is 1. The van der Waals surface area contributed by atoms with E-state index < -0.39 is 17.6 Å². The lowest BCUT2D eigenvalue weighted by Gasteiger charge is -2.23. The molecule has 0 saturated heterocycles. The molecule has 0 saturated carbocycles. The van der Waals surface area contributed by atoms with Crippen molar-refractivity contribution in [1.82, 2.24) is 10.2 Å². The summed E-state index contributed by atoms with van der Waals surface area (Å²) in [5.74, 6) is -0.824. The number of aromatic hydroxyl groups is 1. The summed E-state index contributed by atoms with van der Waals surface area (Å²) in [7, 11) is 3.17. The van der Waals surface area contributed by atoms with E-state index in [1.54, 1.807) is 20.3 Å². The molecule has 0 aliphatic heterocycles. The van der Waals surface area contributed by atoms with E-state index in [1.165, 1.54) is 19.9 Å². The number of hydrogen-bond acceptors (Lipinski definition) is 7. The second kappa shape index (κ2) is 16.4. The van der Waals surface area contributed by atoms with Gasteiger partial charge in [0, 0.05) is 51.0 Å². The van der Waals surface area contributed by atoms with Gasteiger partial charge < -0.3 is 25.6 Å². The molecule has 4 N–H and O–H groups in total. The number of nitrogens with zero attached hydrogens (tertiary/aromatic N) is 2. The molecule has 2 aromatic carbocycles. The number of rotatable bonds is 11. The van der Waals surface area contributed by atoms with Crippen LogP contribution in [0.3, 0.4) is 0 Å². The number of carbonyl (C=O) groups excluding carboxylic acids is 1. The van der Waals surface area contributed by atoms with Crippen molar-refractivity contribution in [3.8, 4) is 5.75 Å². The van der Waals surface area contributed by atoms with Gasteiger partial charge in [0.1, 0.15) is 11.6 Å². The van der Waals surface area contributed by atoms with Gasteiger partial charge in [-0.25, -0.2) is 4.99 Å². The highest BCUT2D eigenvalue weighted by molar-refractivity contribution is 6.31. The lowest BCUT2D eigenvalue weighted by atomic mass is 10.0. The van der Waals surface area contributed by atoms with Crippen LogP contribution < -0.4 is 11.1 Å². The third kappa shape index (κ3) is 10.4. The minimum Gasteiger partial charge on any atom is -0.507 e. The smallest absolute Gasteiger partial charge is 0.416 e. The Morgan fingerprint density at radius 2 is 1.69 bits per heavy atom. The quantitative estimate of drug-likeness (QED) is 0.244. The van der Waals surface area contributed by atoms with Crippen LogP contribution in [0.5, 0.6) is 5.75 Å². The van der Waals surface area contributed by atoms with E-state index in [1.807, 2.05) is 18.7 Å². The fraction of sp³-hybridized carbons (Fsp3) is 0.481. The number of nitrogens with one attached hydrogen (secondary N) is 1. The Morgan fingerprint density at radius 1 is 1.10 bits per heavy atom. The van der Waals surface area contributed by atoms with Gasteiger partial charge in [-0.2, -0.15) is 13.2 Å². The van der Waals surface area contributed by atoms with Gasteiger partial charge in [-0.3, -0.25) is 9.69 Å². The van der Waals surface area contributed by atoms with Crippen LogP contribution >= 0.6 is 11.6 Å². The molecule has 218 valence electrons. The number of phenolic OH excluding ortho intramolecular Hbond substituents is 1. The topological polar surface area (TPSA) is 109 Å². The van der Waals surface area contributed by atoms with Crippen LogP contribution in [-0.4, -0.2) is 62.3 Å². The zero-order valence-corrected chi connectivity index (χ0v) is 24.0. The van der Waals surface area contributed by atoms with Gasteiger partial charge in [-0.15, -0.1) is 0 Å². The number of methoxy groups -OCH3 is 2. The fourth-order valence-corrected chi connectivity index (χ4v) is 3.90. The van der Waals surface area contributed by atoms with E-state index in [9.17, 15) is 23.1 Å². The third-order valence-electron chi connectivity index (χ3n) is 5.52. The van der Waals surface area contributed by atoms with Crippen molar-refractivity contribution in [1.29, 1.82) is 0 Å². The number of aliphatic imine (C=N–C) groups is 1. The molecule has 2 aromatic rings. The molecular weight excluding hydrogens is 537 g/mol. The molecule has 0 atom stereocenters. The molecule has 39 heavy (non-hydrogen) atoms. The summed E-state index contributed by atoms with van der Waals surface area (Å²) in [6.45, 7) is 9.13. The second-order valence-corrected chi connectivity index (χ2v) is 8.81. The Kier molecular flexibility index (Phi) is 14.4. The molecule has 12 heteroatoms. The number of phenols is 1. The van der Waals surface area contributed by atoms with Gasteiger partial charge in [0.15, 0.2) is 0 Å². The molecule has 0 radical (unpaired) electrons. The Labute approximate surface area is 232 Å². The van der Waals surface area contributed by atoms with Gasteiger partial charge in [0.25, 0.3) is 5.91 Å². The van der Waals surface area contributed by atoms with Crippen molar-refractivity contribution in [3.05, 3.63) is 57.1 Å². The molecule has 2 rings (SSSR count). The maximum Gasteiger partial charge on any atom is 0.416 e. The van der Waals surface area contributed by atoms with Gasteiger partial charge in [-0.1, -0.05) is 25.4 Å². The van der Waals surface area contributed by atoms with Crippen LogP contribution in [-0.2, 0) is 28.7 Å². The van der Waals surface area contributed by atoms with Crippen LogP contribution in [0, 0.1) is 6.92 Å². The maximum absolute atomic E-state index is 13.2. The lowest BCUT2D eigenvalue weighted by Crippen LogP contribution is -2.31. The lowest BCUT2D eigenvalue weighted by molar-refractivity contribution is -0.137. The number of halogens is 4. The Bertz CT molecular complexity index is 1120. The molecule has 0 aliphatic rings. The zero-order valence-electron chi connectivity index (χ0n) is 23.2. The van der Waals surface area contributed by atoms with E-state index in [0.717, 1.165) is 12.1 Å². The average Bonchev–Trinajstić information content (AvgIpc) is 2.88. The van der Waals surface area contributed by atoms with Crippen LogP contribution in [0.4, 0.5) is 18.9 Å². The van der Waals surface area contributed by atoms with Crippen LogP contribution in [0.25, 0.3) is 0 Å². The Hall–Kier alpha value is -2.70. The number of alkyl halides is 3. The highest BCUT2D eigenvalue weighted by atomic mass is 35.5. The van der Waals surface area contributed by atoms with Crippen molar-refractivity contribution < 1.29 is 32.5 Å². The molecule has 0 heterocycles. The fourth-order valence-electron chi connectivity index (χ4n) is 3.66. The molecule has 0 fully saturated rings. The molecule has 0 spiro atoms. The SMILES string of the molecule is CC.COCCN(CCOC)Cc1cc(Cl)cc(C(=O)NC(C)=Nc2c(C)cc(C(F)(F)F)cc2CN)c1O. The second-order valence-electron chi connectivity index (χ2n) is 8.38. The largest absolute Gasteiger partial charge is 0.507 e. The molecular formula is C27H38ClF3N4O4. The third-order valence-corrected chi connectivity index (χ3v) is 5.73. The minimum absolute atomic E-state index is 0.0707.